The van der Waals surface area contributed by atoms with Gasteiger partial charge in [-0.25, -0.2) is 0 Å². The molecule has 0 bridgehead atoms. The van der Waals surface area contributed by atoms with Gasteiger partial charge in [0.05, 0.1) is 5.41 Å². The first kappa shape index (κ1) is 25.6. The second kappa shape index (κ2) is 8.71. The molecular formula is C44H29Br. The third-order valence-corrected chi connectivity index (χ3v) is 11.4. The molecule has 0 aromatic heterocycles. The molecule has 1 atom stereocenters. The zero-order valence-electron chi connectivity index (χ0n) is 25.2. The van der Waals surface area contributed by atoms with E-state index in [1.54, 1.807) is 0 Å². The molecule has 0 radical (unpaired) electrons. The topological polar surface area (TPSA) is 0 Å². The molecule has 0 aliphatic heterocycles. The molecule has 0 fully saturated rings. The fourth-order valence-electron chi connectivity index (χ4n) is 9.07. The van der Waals surface area contributed by atoms with E-state index in [0.717, 1.165) is 4.47 Å². The Morgan fingerprint density at radius 1 is 0.422 bits per heavy atom. The quantitative estimate of drug-likeness (QED) is 0.168. The molecule has 0 saturated carbocycles. The van der Waals surface area contributed by atoms with Crippen molar-refractivity contribution < 1.29 is 0 Å². The highest BCUT2D eigenvalue weighted by molar-refractivity contribution is 9.10. The molecule has 0 nitrogen and oxygen atoms in total. The number of hydrogen-bond acceptors (Lipinski definition) is 0. The van der Waals surface area contributed by atoms with E-state index in [4.69, 9.17) is 0 Å². The molecule has 0 heterocycles. The van der Waals surface area contributed by atoms with Crippen LogP contribution in [0.15, 0.2) is 144 Å². The highest BCUT2D eigenvalue weighted by Crippen LogP contribution is 2.65. The summed E-state index contributed by atoms with van der Waals surface area (Å²) in [7, 11) is 0. The molecule has 1 heteroatoms. The molecule has 0 saturated heterocycles. The standard InChI is InChI=1S/C44H29Br/c1-43(2)39-24-27(18-21-31(39)32-22-20-28(45)25-40(32)43)30-14-9-17-37-42(30)34-13-6-8-16-36(34)44(37)35-15-7-5-12-33(35)41-29-11-4-3-10-26(29)19-23-38(41)44/h3-25H,1-2H3. The maximum absolute atomic E-state index is 3.73. The van der Waals surface area contributed by atoms with Crippen LogP contribution in [0.4, 0.5) is 0 Å². The fraction of sp³-hybridized carbons (Fsp3) is 0.0909. The molecule has 0 N–H and O–H groups in total. The van der Waals surface area contributed by atoms with Crippen molar-refractivity contribution in [2.45, 2.75) is 24.7 Å². The lowest BCUT2D eigenvalue weighted by Crippen LogP contribution is -2.25. The largest absolute Gasteiger partial charge is 0.0725 e. The summed E-state index contributed by atoms with van der Waals surface area (Å²) in [5, 5.41) is 2.62. The van der Waals surface area contributed by atoms with Crippen LogP contribution in [0.25, 0.3) is 55.3 Å². The predicted molar refractivity (Wildman–Crippen MR) is 191 cm³/mol. The van der Waals surface area contributed by atoms with Crippen molar-refractivity contribution in [3.8, 4) is 44.5 Å². The third kappa shape index (κ3) is 3.07. The maximum atomic E-state index is 3.73. The molecule has 1 spiro atoms. The van der Waals surface area contributed by atoms with Crippen molar-refractivity contribution in [1.29, 1.82) is 0 Å². The van der Waals surface area contributed by atoms with Gasteiger partial charge in [-0.1, -0.05) is 151 Å². The molecule has 3 aliphatic rings. The summed E-state index contributed by atoms with van der Waals surface area (Å²) in [6.45, 7) is 4.73. The summed E-state index contributed by atoms with van der Waals surface area (Å²) in [4.78, 5) is 0. The Labute approximate surface area is 272 Å². The lowest BCUT2D eigenvalue weighted by molar-refractivity contribution is 0.660. The van der Waals surface area contributed by atoms with Crippen LogP contribution < -0.4 is 0 Å². The molecule has 3 aliphatic carbocycles. The molecule has 7 aromatic carbocycles. The number of hydrogen-bond donors (Lipinski definition) is 0. The first-order valence-electron chi connectivity index (χ1n) is 15.8. The number of benzene rings is 7. The van der Waals surface area contributed by atoms with Crippen molar-refractivity contribution in [2.24, 2.45) is 0 Å². The zero-order valence-corrected chi connectivity index (χ0v) is 26.7. The van der Waals surface area contributed by atoms with Crippen molar-refractivity contribution in [3.05, 3.63) is 177 Å². The average Bonchev–Trinajstić information content (AvgIpc) is 3.63. The van der Waals surface area contributed by atoms with E-state index in [0.29, 0.717) is 0 Å². The van der Waals surface area contributed by atoms with Gasteiger partial charge in [-0.15, -0.1) is 0 Å². The summed E-state index contributed by atoms with van der Waals surface area (Å²) in [6, 6.07) is 52.8. The molecule has 1 unspecified atom stereocenters. The highest BCUT2D eigenvalue weighted by Gasteiger charge is 2.52. The van der Waals surface area contributed by atoms with Crippen LogP contribution in [0.1, 0.15) is 47.2 Å². The van der Waals surface area contributed by atoms with E-state index in [1.165, 1.54) is 88.7 Å². The molecule has 0 amide bonds. The first-order chi connectivity index (χ1) is 22.0. The van der Waals surface area contributed by atoms with Crippen LogP contribution in [-0.2, 0) is 10.8 Å². The Hall–Kier alpha value is -4.72. The SMILES string of the molecule is CC1(C)c2cc(Br)ccc2-c2ccc(-c3cccc4c3-c3ccccc3C43c4ccccc4-c4c3ccc3ccccc43)cc21. The Balaban J connectivity index is 1.28. The van der Waals surface area contributed by atoms with Gasteiger partial charge >= 0.3 is 0 Å². The minimum absolute atomic E-state index is 0.0775. The van der Waals surface area contributed by atoms with Gasteiger partial charge in [-0.2, -0.15) is 0 Å². The lowest BCUT2D eigenvalue weighted by Gasteiger charge is -2.30. The summed E-state index contributed by atoms with van der Waals surface area (Å²) in [6.07, 6.45) is 0. The van der Waals surface area contributed by atoms with Crippen LogP contribution in [0.3, 0.4) is 0 Å². The minimum atomic E-state index is -0.365. The third-order valence-electron chi connectivity index (χ3n) is 11.0. The fourth-order valence-corrected chi connectivity index (χ4v) is 9.43. The number of rotatable bonds is 1. The van der Waals surface area contributed by atoms with Gasteiger partial charge in [0.15, 0.2) is 0 Å². The minimum Gasteiger partial charge on any atom is -0.0619 e. The van der Waals surface area contributed by atoms with E-state index in [9.17, 15) is 0 Å². The Kier molecular flexibility index (Phi) is 4.95. The zero-order chi connectivity index (χ0) is 30.1. The van der Waals surface area contributed by atoms with E-state index < -0.39 is 0 Å². The van der Waals surface area contributed by atoms with Gasteiger partial charge in [0, 0.05) is 9.89 Å². The number of fused-ring (bicyclic) bond motifs is 15. The van der Waals surface area contributed by atoms with Crippen LogP contribution in [0, 0.1) is 0 Å². The smallest absolute Gasteiger partial charge is 0.0619 e. The van der Waals surface area contributed by atoms with E-state index >= 15 is 0 Å². The van der Waals surface area contributed by atoms with E-state index in [-0.39, 0.29) is 10.8 Å². The monoisotopic (exact) mass is 636 g/mol. The number of halogens is 1. The molecule has 7 aromatic rings. The Morgan fingerprint density at radius 2 is 1.02 bits per heavy atom. The lowest BCUT2D eigenvalue weighted by atomic mass is 9.70. The van der Waals surface area contributed by atoms with E-state index in [2.05, 4.69) is 169 Å². The molecule has 45 heavy (non-hydrogen) atoms. The summed E-state index contributed by atoms with van der Waals surface area (Å²) in [5.41, 5.74) is 18.6. The van der Waals surface area contributed by atoms with E-state index in [1.807, 2.05) is 0 Å². The highest BCUT2D eigenvalue weighted by atomic mass is 79.9. The summed E-state index contributed by atoms with van der Waals surface area (Å²) >= 11 is 3.73. The molecule has 10 rings (SSSR count). The van der Waals surface area contributed by atoms with Crippen LogP contribution >= 0.6 is 15.9 Å². The predicted octanol–water partition coefficient (Wildman–Crippen LogP) is 11.9. The first-order valence-corrected chi connectivity index (χ1v) is 16.6. The Morgan fingerprint density at radius 3 is 1.82 bits per heavy atom. The second-order valence-electron chi connectivity index (χ2n) is 13.4. The van der Waals surface area contributed by atoms with Gasteiger partial charge in [0.1, 0.15) is 0 Å². The van der Waals surface area contributed by atoms with Gasteiger partial charge in [0.2, 0.25) is 0 Å². The summed E-state index contributed by atoms with van der Waals surface area (Å²) < 4.78 is 1.13. The van der Waals surface area contributed by atoms with Crippen LogP contribution in [0.2, 0.25) is 0 Å². The van der Waals surface area contributed by atoms with Gasteiger partial charge < -0.3 is 0 Å². The molecule has 212 valence electrons. The van der Waals surface area contributed by atoms with Crippen LogP contribution in [0.5, 0.6) is 0 Å². The second-order valence-corrected chi connectivity index (χ2v) is 14.3. The van der Waals surface area contributed by atoms with Crippen molar-refractivity contribution in [2.75, 3.05) is 0 Å². The maximum Gasteiger partial charge on any atom is 0.0725 e. The molecular weight excluding hydrogens is 608 g/mol. The Bertz CT molecular complexity index is 2430. The van der Waals surface area contributed by atoms with Crippen molar-refractivity contribution >= 4 is 26.7 Å². The average molecular weight is 638 g/mol. The van der Waals surface area contributed by atoms with Gasteiger partial charge in [-0.05, 0) is 107 Å². The van der Waals surface area contributed by atoms with Gasteiger partial charge in [0.25, 0.3) is 0 Å². The van der Waals surface area contributed by atoms with Crippen molar-refractivity contribution in [3.63, 3.8) is 0 Å². The summed E-state index contributed by atoms with van der Waals surface area (Å²) in [5.74, 6) is 0. The van der Waals surface area contributed by atoms with Crippen LogP contribution in [-0.4, -0.2) is 0 Å². The van der Waals surface area contributed by atoms with Crippen molar-refractivity contribution in [1.82, 2.24) is 0 Å². The normalized spacial score (nSPS) is 17.5. The van der Waals surface area contributed by atoms with Gasteiger partial charge in [-0.3, -0.25) is 0 Å².